The van der Waals surface area contributed by atoms with Gasteiger partial charge in [0.25, 0.3) is 5.91 Å². The first-order chi connectivity index (χ1) is 11.0. The quantitative estimate of drug-likeness (QED) is 0.559. The van der Waals surface area contributed by atoms with Crippen molar-refractivity contribution in [1.29, 1.82) is 0 Å². The van der Waals surface area contributed by atoms with Gasteiger partial charge in [0.05, 0.1) is 17.2 Å². The fourth-order valence-corrected chi connectivity index (χ4v) is 2.34. The number of rotatable bonds is 4. The third kappa shape index (κ3) is 2.63. The summed E-state index contributed by atoms with van der Waals surface area (Å²) in [4.78, 5) is 26.9. The smallest absolute Gasteiger partial charge is 0.322 e. The Kier molecular flexibility index (Phi) is 3.53. The van der Waals surface area contributed by atoms with Gasteiger partial charge in [-0.05, 0) is 26.0 Å². The van der Waals surface area contributed by atoms with Crippen molar-refractivity contribution in [2.24, 2.45) is 0 Å². The number of aromatic nitrogens is 4. The van der Waals surface area contributed by atoms with Crippen molar-refractivity contribution in [2.45, 2.75) is 20.4 Å². The maximum Gasteiger partial charge on any atom is 0.322 e. The molecular weight excluding hydrogens is 300 g/mol. The summed E-state index contributed by atoms with van der Waals surface area (Å²) in [6, 6.07) is 5.71. The summed E-state index contributed by atoms with van der Waals surface area (Å²) in [5.74, 6) is -0.616. The second kappa shape index (κ2) is 5.52. The van der Waals surface area contributed by atoms with E-state index >= 15 is 0 Å². The predicted octanol–water partition coefficient (Wildman–Crippen LogP) is 1.51. The number of hydrogen-bond acceptors (Lipinski definition) is 5. The number of aromatic amines is 1. The van der Waals surface area contributed by atoms with E-state index in [1.807, 2.05) is 35.7 Å². The first kappa shape index (κ1) is 14.7. The summed E-state index contributed by atoms with van der Waals surface area (Å²) in [5.41, 5.74) is 2.15. The van der Waals surface area contributed by atoms with Crippen LogP contribution in [-0.4, -0.2) is 30.4 Å². The normalized spacial score (nSPS) is 10.9. The van der Waals surface area contributed by atoms with Crippen molar-refractivity contribution in [2.75, 3.05) is 0 Å². The second-order valence-corrected chi connectivity index (χ2v) is 5.11. The standard InChI is InChI=1S/C14H14N6O3/c1-8-4-3-5-11-16-10(7-19(8)11)6-15-14(21)12-13(20(22)23)9(2)17-18-12/h3-5,7H,6H2,1-2H3,(H,15,21)(H,17,18). The lowest BCUT2D eigenvalue weighted by molar-refractivity contribution is -0.385. The van der Waals surface area contributed by atoms with Gasteiger partial charge in [-0.2, -0.15) is 5.10 Å². The van der Waals surface area contributed by atoms with Gasteiger partial charge in [0.2, 0.25) is 5.69 Å². The number of nitro groups is 1. The SMILES string of the molecule is Cc1[nH]nc(C(=O)NCc2cn3c(C)cccc3n2)c1[N+](=O)[O-]. The van der Waals surface area contributed by atoms with Gasteiger partial charge in [-0.15, -0.1) is 0 Å². The van der Waals surface area contributed by atoms with Crippen LogP contribution in [-0.2, 0) is 6.54 Å². The predicted molar refractivity (Wildman–Crippen MR) is 81.1 cm³/mol. The molecule has 0 bridgehead atoms. The zero-order valence-corrected chi connectivity index (χ0v) is 12.5. The number of hydrogen-bond donors (Lipinski definition) is 2. The number of imidazole rings is 1. The molecule has 118 valence electrons. The largest absolute Gasteiger partial charge is 0.345 e. The van der Waals surface area contributed by atoms with E-state index < -0.39 is 10.8 Å². The first-order valence-corrected chi connectivity index (χ1v) is 6.88. The summed E-state index contributed by atoms with van der Waals surface area (Å²) in [7, 11) is 0. The molecule has 0 fully saturated rings. The number of carbonyl (C=O) groups is 1. The molecule has 0 radical (unpaired) electrons. The Morgan fingerprint density at radius 2 is 2.22 bits per heavy atom. The van der Waals surface area contributed by atoms with Gasteiger partial charge in [0, 0.05) is 11.9 Å². The summed E-state index contributed by atoms with van der Waals surface area (Å²) < 4.78 is 1.91. The van der Waals surface area contributed by atoms with E-state index in [-0.39, 0.29) is 23.6 Å². The molecule has 0 atom stereocenters. The van der Waals surface area contributed by atoms with Crippen LogP contribution in [0.15, 0.2) is 24.4 Å². The van der Waals surface area contributed by atoms with Crippen molar-refractivity contribution < 1.29 is 9.72 Å². The first-order valence-electron chi connectivity index (χ1n) is 6.88. The minimum Gasteiger partial charge on any atom is -0.345 e. The lowest BCUT2D eigenvalue weighted by Gasteiger charge is -2.00. The molecule has 1 amide bonds. The number of fused-ring (bicyclic) bond motifs is 1. The van der Waals surface area contributed by atoms with Crippen LogP contribution < -0.4 is 5.32 Å². The van der Waals surface area contributed by atoms with Crippen LogP contribution in [0.1, 0.15) is 27.6 Å². The minimum absolute atomic E-state index is 0.156. The van der Waals surface area contributed by atoms with Crippen LogP contribution in [0.3, 0.4) is 0 Å². The summed E-state index contributed by atoms with van der Waals surface area (Å²) >= 11 is 0. The fraction of sp³-hybridized carbons (Fsp3) is 0.214. The van der Waals surface area contributed by atoms with Crippen LogP contribution in [0.4, 0.5) is 5.69 Å². The topological polar surface area (TPSA) is 118 Å². The van der Waals surface area contributed by atoms with Gasteiger partial charge in [0.15, 0.2) is 0 Å². The average molecular weight is 314 g/mol. The molecule has 3 heterocycles. The molecule has 0 aliphatic carbocycles. The maximum absolute atomic E-state index is 12.1. The van der Waals surface area contributed by atoms with Crippen molar-refractivity contribution >= 4 is 17.2 Å². The number of nitrogens with zero attached hydrogens (tertiary/aromatic N) is 4. The molecule has 0 aliphatic heterocycles. The van der Waals surface area contributed by atoms with E-state index in [9.17, 15) is 14.9 Å². The monoisotopic (exact) mass is 314 g/mol. The molecule has 0 unspecified atom stereocenters. The van der Waals surface area contributed by atoms with Gasteiger partial charge in [-0.25, -0.2) is 4.98 Å². The highest BCUT2D eigenvalue weighted by molar-refractivity contribution is 5.96. The lowest BCUT2D eigenvalue weighted by Crippen LogP contribution is -2.24. The molecule has 0 saturated heterocycles. The van der Waals surface area contributed by atoms with Crippen molar-refractivity contribution in [3.63, 3.8) is 0 Å². The Hall–Kier alpha value is -3.23. The van der Waals surface area contributed by atoms with Crippen molar-refractivity contribution in [1.82, 2.24) is 24.9 Å². The molecular formula is C14H14N6O3. The van der Waals surface area contributed by atoms with Crippen LogP contribution in [0.2, 0.25) is 0 Å². The Labute approximate surface area is 130 Å². The van der Waals surface area contributed by atoms with Gasteiger partial charge < -0.3 is 9.72 Å². The van der Waals surface area contributed by atoms with Crippen LogP contribution >= 0.6 is 0 Å². The molecule has 0 spiro atoms. The number of H-pyrrole nitrogens is 1. The number of pyridine rings is 1. The zero-order chi connectivity index (χ0) is 16.6. The number of amides is 1. The molecule has 9 heteroatoms. The third-order valence-corrected chi connectivity index (χ3v) is 3.49. The van der Waals surface area contributed by atoms with Gasteiger partial charge >= 0.3 is 5.69 Å². The average Bonchev–Trinajstić information content (AvgIpc) is 3.09. The highest BCUT2D eigenvalue weighted by Gasteiger charge is 2.26. The molecule has 9 nitrogen and oxygen atoms in total. The Balaban J connectivity index is 1.78. The van der Waals surface area contributed by atoms with Crippen molar-refractivity contribution in [3.8, 4) is 0 Å². The molecule has 23 heavy (non-hydrogen) atoms. The van der Waals surface area contributed by atoms with Gasteiger partial charge in [-0.3, -0.25) is 20.0 Å². The third-order valence-electron chi connectivity index (χ3n) is 3.49. The summed E-state index contributed by atoms with van der Waals surface area (Å²) in [5, 5.41) is 19.7. The van der Waals surface area contributed by atoms with E-state index in [1.54, 1.807) is 0 Å². The van der Waals surface area contributed by atoms with Crippen LogP contribution in [0.5, 0.6) is 0 Å². The van der Waals surface area contributed by atoms with Gasteiger partial charge in [0.1, 0.15) is 11.3 Å². The van der Waals surface area contributed by atoms with Crippen molar-refractivity contribution in [3.05, 3.63) is 57.3 Å². The molecule has 0 aromatic carbocycles. The Bertz CT molecular complexity index is 911. The fourth-order valence-electron chi connectivity index (χ4n) is 2.34. The van der Waals surface area contributed by atoms with Crippen LogP contribution in [0, 0.1) is 24.0 Å². The van der Waals surface area contributed by atoms with Gasteiger partial charge in [-0.1, -0.05) is 6.07 Å². The highest BCUT2D eigenvalue weighted by atomic mass is 16.6. The lowest BCUT2D eigenvalue weighted by atomic mass is 10.3. The van der Waals surface area contributed by atoms with E-state index in [1.165, 1.54) is 6.92 Å². The van der Waals surface area contributed by atoms with E-state index in [0.717, 1.165) is 11.3 Å². The molecule has 3 rings (SSSR count). The number of nitrogens with one attached hydrogen (secondary N) is 2. The highest BCUT2D eigenvalue weighted by Crippen LogP contribution is 2.19. The molecule has 0 aliphatic rings. The second-order valence-electron chi connectivity index (χ2n) is 5.11. The molecule has 3 aromatic rings. The molecule has 3 aromatic heterocycles. The van der Waals surface area contributed by atoms with Crippen LogP contribution in [0.25, 0.3) is 5.65 Å². The maximum atomic E-state index is 12.1. The molecule has 0 saturated carbocycles. The zero-order valence-electron chi connectivity index (χ0n) is 12.5. The summed E-state index contributed by atoms with van der Waals surface area (Å²) in [6.07, 6.45) is 1.81. The number of carbonyl (C=O) groups excluding carboxylic acids is 1. The molecule has 2 N–H and O–H groups in total. The van der Waals surface area contributed by atoms with E-state index in [2.05, 4.69) is 20.5 Å². The minimum atomic E-state index is -0.623. The summed E-state index contributed by atoms with van der Waals surface area (Å²) in [6.45, 7) is 3.60. The Morgan fingerprint density at radius 3 is 2.91 bits per heavy atom. The Morgan fingerprint density at radius 1 is 1.43 bits per heavy atom. The van der Waals surface area contributed by atoms with E-state index in [0.29, 0.717) is 5.69 Å². The van der Waals surface area contributed by atoms with E-state index in [4.69, 9.17) is 0 Å². The number of aryl methyl sites for hydroxylation is 2.